The number of fused-ring (bicyclic) bond motifs is 1. The van der Waals surface area contributed by atoms with Crippen LogP contribution >= 0.6 is 0 Å². The highest BCUT2D eigenvalue weighted by atomic mass is 16.5. The number of amides is 1. The Morgan fingerprint density at radius 3 is 2.46 bits per heavy atom. The van der Waals surface area contributed by atoms with E-state index in [1.54, 1.807) is 17.0 Å². The van der Waals surface area contributed by atoms with Crippen LogP contribution in [0.2, 0.25) is 0 Å². The summed E-state index contributed by atoms with van der Waals surface area (Å²) < 4.78 is 11.6. The number of rotatable bonds is 10. The number of carbonyl (C=O) groups excluding carboxylic acids is 2. The average Bonchev–Trinajstić information content (AvgIpc) is 3.47. The molecule has 6 heteroatoms. The largest absolute Gasteiger partial charge is 0.503 e. The van der Waals surface area contributed by atoms with Crippen LogP contribution in [0.25, 0.3) is 11.0 Å². The number of ketones is 1. The van der Waals surface area contributed by atoms with Crippen LogP contribution in [0.4, 0.5) is 0 Å². The van der Waals surface area contributed by atoms with Crippen LogP contribution in [-0.4, -0.2) is 34.8 Å². The van der Waals surface area contributed by atoms with Gasteiger partial charge in [0.2, 0.25) is 5.78 Å². The van der Waals surface area contributed by atoms with Crippen molar-refractivity contribution in [2.75, 3.05) is 13.2 Å². The standard InChI is InChI=1S/C31H29NO5/c1-2-3-19-36-24-15-13-22(14-16-24)28-27(29(33)26-20-23-11-7-8-12-25(23)37-26)30(34)31(35)32(28)18-17-21-9-5-4-6-10-21/h4-16,20,28,34H,2-3,17-19H2,1H3. The molecule has 1 aliphatic heterocycles. The van der Waals surface area contributed by atoms with Crippen LogP contribution in [0.5, 0.6) is 5.75 Å². The van der Waals surface area contributed by atoms with Gasteiger partial charge in [0.15, 0.2) is 11.5 Å². The fraction of sp³-hybridized carbons (Fsp3) is 0.226. The van der Waals surface area contributed by atoms with Crippen molar-refractivity contribution in [3.63, 3.8) is 0 Å². The van der Waals surface area contributed by atoms with Crippen molar-refractivity contribution >= 4 is 22.7 Å². The molecule has 1 atom stereocenters. The summed E-state index contributed by atoms with van der Waals surface area (Å²) in [6.45, 7) is 3.06. The maximum absolute atomic E-state index is 13.7. The zero-order valence-corrected chi connectivity index (χ0v) is 20.7. The molecule has 1 amide bonds. The van der Waals surface area contributed by atoms with Crippen LogP contribution in [-0.2, 0) is 11.2 Å². The van der Waals surface area contributed by atoms with Crippen LogP contribution in [0.3, 0.4) is 0 Å². The lowest BCUT2D eigenvalue weighted by atomic mass is 9.94. The summed E-state index contributed by atoms with van der Waals surface area (Å²) in [6, 6.07) is 25.4. The molecule has 6 nitrogen and oxygen atoms in total. The lowest BCUT2D eigenvalue weighted by molar-refractivity contribution is -0.129. The van der Waals surface area contributed by atoms with Crippen molar-refractivity contribution in [1.29, 1.82) is 0 Å². The monoisotopic (exact) mass is 495 g/mol. The number of unbranched alkanes of at least 4 members (excludes halogenated alkanes) is 1. The fourth-order valence-corrected chi connectivity index (χ4v) is 4.66. The van der Waals surface area contributed by atoms with Gasteiger partial charge in [-0.2, -0.15) is 0 Å². The summed E-state index contributed by atoms with van der Waals surface area (Å²) in [5, 5.41) is 11.7. The second-order valence-corrected chi connectivity index (χ2v) is 9.15. The summed E-state index contributed by atoms with van der Waals surface area (Å²) in [4.78, 5) is 28.5. The molecule has 1 unspecified atom stereocenters. The van der Waals surface area contributed by atoms with Crippen molar-refractivity contribution in [2.24, 2.45) is 0 Å². The highest BCUT2D eigenvalue weighted by molar-refractivity contribution is 6.16. The number of Topliss-reactive ketones (excluding diaryl/α,β-unsaturated/α-hetero) is 1. The van der Waals surface area contributed by atoms with E-state index in [-0.39, 0.29) is 11.3 Å². The second-order valence-electron chi connectivity index (χ2n) is 9.15. The Morgan fingerprint density at radius 1 is 1.00 bits per heavy atom. The molecule has 2 heterocycles. The lowest BCUT2D eigenvalue weighted by Crippen LogP contribution is -2.33. The molecule has 0 bridgehead atoms. The van der Waals surface area contributed by atoms with E-state index in [1.165, 1.54) is 0 Å². The molecular formula is C31H29NO5. The number of aliphatic hydroxyl groups excluding tert-OH is 1. The fourth-order valence-electron chi connectivity index (χ4n) is 4.66. The molecule has 0 spiro atoms. The van der Waals surface area contributed by atoms with Crippen molar-refractivity contribution in [3.05, 3.63) is 113 Å². The summed E-state index contributed by atoms with van der Waals surface area (Å²) in [6.07, 6.45) is 2.58. The number of hydrogen-bond donors (Lipinski definition) is 1. The first-order valence-corrected chi connectivity index (χ1v) is 12.6. The first kappa shape index (κ1) is 24.4. The zero-order valence-electron chi connectivity index (χ0n) is 20.7. The van der Waals surface area contributed by atoms with Gasteiger partial charge in [-0.05, 0) is 48.2 Å². The Morgan fingerprint density at radius 2 is 1.73 bits per heavy atom. The number of nitrogens with zero attached hydrogens (tertiary/aromatic N) is 1. The molecule has 0 saturated carbocycles. The van der Waals surface area contributed by atoms with Crippen LogP contribution in [0, 0.1) is 0 Å². The van der Waals surface area contributed by atoms with E-state index >= 15 is 0 Å². The van der Waals surface area contributed by atoms with Gasteiger partial charge in [-0.15, -0.1) is 0 Å². The van der Waals surface area contributed by atoms with E-state index in [9.17, 15) is 14.7 Å². The van der Waals surface area contributed by atoms with E-state index in [2.05, 4.69) is 6.92 Å². The van der Waals surface area contributed by atoms with E-state index in [0.717, 1.165) is 29.5 Å². The number of para-hydroxylation sites is 1. The Bertz CT molecular complexity index is 1400. The van der Waals surface area contributed by atoms with Crippen LogP contribution in [0.1, 0.15) is 47.5 Å². The number of benzene rings is 3. The third-order valence-electron chi connectivity index (χ3n) is 6.64. The van der Waals surface area contributed by atoms with Gasteiger partial charge in [0, 0.05) is 11.9 Å². The number of furan rings is 1. The summed E-state index contributed by atoms with van der Waals surface area (Å²) in [5.41, 5.74) is 2.37. The Labute approximate surface area is 215 Å². The molecule has 0 aliphatic carbocycles. The molecule has 3 aromatic carbocycles. The summed E-state index contributed by atoms with van der Waals surface area (Å²) >= 11 is 0. The predicted molar refractivity (Wildman–Crippen MR) is 142 cm³/mol. The molecule has 37 heavy (non-hydrogen) atoms. The molecule has 0 radical (unpaired) electrons. The maximum atomic E-state index is 13.7. The van der Waals surface area contributed by atoms with Gasteiger partial charge in [-0.1, -0.05) is 74.0 Å². The normalized spacial score (nSPS) is 15.5. The minimum absolute atomic E-state index is 0.0248. The molecule has 4 aromatic rings. The van der Waals surface area contributed by atoms with Crippen LogP contribution in [0.15, 0.2) is 101 Å². The molecule has 1 aromatic heterocycles. The highest BCUT2D eigenvalue weighted by Crippen LogP contribution is 2.40. The van der Waals surface area contributed by atoms with Gasteiger partial charge in [-0.3, -0.25) is 9.59 Å². The molecular weight excluding hydrogens is 466 g/mol. The van der Waals surface area contributed by atoms with Gasteiger partial charge in [0.05, 0.1) is 18.2 Å². The third kappa shape index (κ3) is 5.00. The minimum atomic E-state index is -0.749. The summed E-state index contributed by atoms with van der Waals surface area (Å²) in [5.74, 6) is -0.798. The van der Waals surface area contributed by atoms with Crippen molar-refractivity contribution < 1.29 is 23.8 Å². The number of aliphatic hydroxyl groups is 1. The van der Waals surface area contributed by atoms with Crippen LogP contribution < -0.4 is 4.74 Å². The smallest absolute Gasteiger partial charge is 0.290 e. The van der Waals surface area contributed by atoms with Gasteiger partial charge < -0.3 is 19.2 Å². The topological polar surface area (TPSA) is 80.0 Å². The molecule has 0 fully saturated rings. The quantitative estimate of drug-likeness (QED) is 0.202. The molecule has 0 saturated heterocycles. The van der Waals surface area contributed by atoms with Gasteiger partial charge in [0.25, 0.3) is 5.91 Å². The predicted octanol–water partition coefficient (Wildman–Crippen LogP) is 6.43. The third-order valence-corrected chi connectivity index (χ3v) is 6.64. The van der Waals surface area contributed by atoms with Crippen molar-refractivity contribution in [2.45, 2.75) is 32.2 Å². The summed E-state index contributed by atoms with van der Waals surface area (Å²) in [7, 11) is 0. The first-order chi connectivity index (χ1) is 18.1. The van der Waals surface area contributed by atoms with E-state index in [1.807, 2.05) is 72.8 Å². The van der Waals surface area contributed by atoms with E-state index in [0.29, 0.717) is 30.7 Å². The first-order valence-electron chi connectivity index (χ1n) is 12.6. The van der Waals surface area contributed by atoms with Gasteiger partial charge in [-0.25, -0.2) is 0 Å². The number of hydrogen-bond acceptors (Lipinski definition) is 5. The Kier molecular flexibility index (Phi) is 7.08. The second kappa shape index (κ2) is 10.7. The van der Waals surface area contributed by atoms with Crippen molar-refractivity contribution in [3.8, 4) is 5.75 Å². The Hall–Kier alpha value is -4.32. The van der Waals surface area contributed by atoms with Crippen molar-refractivity contribution in [1.82, 2.24) is 4.90 Å². The van der Waals surface area contributed by atoms with E-state index in [4.69, 9.17) is 9.15 Å². The van der Waals surface area contributed by atoms with E-state index < -0.39 is 23.5 Å². The SMILES string of the molecule is CCCCOc1ccc(C2C(C(=O)c3cc4ccccc4o3)=C(O)C(=O)N2CCc2ccccc2)cc1. The minimum Gasteiger partial charge on any atom is -0.503 e. The van der Waals surface area contributed by atoms with Gasteiger partial charge in [0.1, 0.15) is 11.3 Å². The molecule has 5 rings (SSSR count). The molecule has 188 valence electrons. The maximum Gasteiger partial charge on any atom is 0.290 e. The highest BCUT2D eigenvalue weighted by Gasteiger charge is 2.44. The molecule has 1 N–H and O–H groups in total. The number of ether oxygens (including phenoxy) is 1. The lowest BCUT2D eigenvalue weighted by Gasteiger charge is -2.27. The van der Waals surface area contributed by atoms with Gasteiger partial charge >= 0.3 is 0 Å². The average molecular weight is 496 g/mol. The number of carbonyl (C=O) groups is 2. The molecule has 1 aliphatic rings. The Balaban J connectivity index is 1.49. The zero-order chi connectivity index (χ0) is 25.8.